The molecule has 1 aromatic rings. The molecule has 1 aliphatic rings. The number of primary amides is 1. The van der Waals surface area contributed by atoms with Crippen LogP contribution in [0.3, 0.4) is 0 Å². The van der Waals surface area contributed by atoms with Gasteiger partial charge in [0.2, 0.25) is 20.6 Å². The maximum absolute atomic E-state index is 13.4. The van der Waals surface area contributed by atoms with Gasteiger partial charge >= 0.3 is 0 Å². The van der Waals surface area contributed by atoms with Crippen molar-refractivity contribution >= 4 is 34.1 Å². The zero-order valence-electron chi connectivity index (χ0n) is 17.5. The summed E-state index contributed by atoms with van der Waals surface area (Å²) in [5.74, 6) is -1.27. The lowest BCUT2D eigenvalue weighted by molar-refractivity contribution is -0.132. The van der Waals surface area contributed by atoms with Gasteiger partial charge < -0.3 is 20.7 Å². The Labute approximate surface area is 184 Å². The summed E-state index contributed by atoms with van der Waals surface area (Å²) in [5.41, 5.74) is 5.60. The van der Waals surface area contributed by atoms with E-state index in [9.17, 15) is 18.0 Å². The van der Waals surface area contributed by atoms with Crippen molar-refractivity contribution in [3.63, 3.8) is 0 Å². The molecule has 1 atom stereocenters. The molecule has 1 heterocycles. The van der Waals surface area contributed by atoms with Crippen LogP contribution in [-0.2, 0) is 19.4 Å². The van der Waals surface area contributed by atoms with E-state index in [1.54, 1.807) is 18.7 Å². The highest BCUT2D eigenvalue weighted by atomic mass is 35.5. The van der Waals surface area contributed by atoms with E-state index in [2.05, 4.69) is 10.6 Å². The number of amides is 2. The first-order chi connectivity index (χ1) is 13.7. The van der Waals surface area contributed by atoms with E-state index in [1.165, 1.54) is 31.4 Å². The Balaban J connectivity index is 0.00000450. The normalized spacial score (nSPS) is 16.5. The van der Waals surface area contributed by atoms with Crippen LogP contribution in [-0.4, -0.2) is 69.8 Å². The van der Waals surface area contributed by atoms with Crippen molar-refractivity contribution in [2.24, 2.45) is 11.7 Å². The second kappa shape index (κ2) is 10.9. The largest absolute Gasteiger partial charge is 0.497 e. The number of piperazine rings is 1. The molecule has 2 amide bonds. The second-order valence-electron chi connectivity index (χ2n) is 7.24. The highest BCUT2D eigenvalue weighted by Crippen LogP contribution is 2.31. The molecule has 0 aliphatic carbocycles. The minimum absolute atomic E-state index is 0. The van der Waals surface area contributed by atoms with Gasteiger partial charge in [-0.25, -0.2) is 8.42 Å². The Hall–Kier alpha value is -1.88. The lowest BCUT2D eigenvalue weighted by Gasteiger charge is -2.35. The molecule has 170 valence electrons. The van der Waals surface area contributed by atoms with Crippen LogP contribution in [0.1, 0.15) is 20.3 Å². The highest BCUT2D eigenvalue weighted by molar-refractivity contribution is 7.93. The maximum atomic E-state index is 13.4. The molecule has 2 rings (SSSR count). The van der Waals surface area contributed by atoms with Crippen molar-refractivity contribution in [3.05, 3.63) is 24.3 Å². The average molecular weight is 463 g/mol. The first-order valence-corrected chi connectivity index (χ1v) is 11.1. The maximum Gasteiger partial charge on any atom is 0.254 e. The quantitative estimate of drug-likeness (QED) is 0.475. The molecule has 4 N–H and O–H groups in total. The minimum Gasteiger partial charge on any atom is -0.497 e. The predicted octanol–water partition coefficient (Wildman–Crippen LogP) is 0.140. The predicted molar refractivity (Wildman–Crippen MR) is 116 cm³/mol. The summed E-state index contributed by atoms with van der Waals surface area (Å²) in [6.07, 6.45) is 0.0693. The molecule has 0 bridgehead atoms. The number of hydrogen-bond acceptors (Lipinski definition) is 7. The number of carbonyl (C=O) groups excluding carboxylic acids is 2. The van der Waals surface area contributed by atoms with Crippen molar-refractivity contribution < 1.29 is 22.7 Å². The molecule has 0 saturated carbocycles. The molecule has 9 nitrogen and oxygen atoms in total. The second-order valence-corrected chi connectivity index (χ2v) is 9.36. The van der Waals surface area contributed by atoms with Crippen LogP contribution in [0.2, 0.25) is 0 Å². The number of rotatable bonds is 9. The summed E-state index contributed by atoms with van der Waals surface area (Å²) in [6.45, 7) is 5.89. The zero-order chi connectivity index (χ0) is 21.7. The van der Waals surface area contributed by atoms with Crippen molar-refractivity contribution in [2.75, 3.05) is 39.8 Å². The van der Waals surface area contributed by atoms with E-state index < -0.39 is 26.5 Å². The van der Waals surface area contributed by atoms with E-state index in [0.717, 1.165) is 13.1 Å². The highest BCUT2D eigenvalue weighted by Gasteiger charge is 2.52. The van der Waals surface area contributed by atoms with Crippen molar-refractivity contribution in [1.82, 2.24) is 15.5 Å². The van der Waals surface area contributed by atoms with Crippen LogP contribution >= 0.6 is 12.4 Å². The SMILES string of the molecule is COc1ccc(S(=O)(=O)C(NCCC(=O)N2CCNCC2)(C(N)=O)C(C)C)cc1.Cl. The zero-order valence-corrected chi connectivity index (χ0v) is 19.1. The molecule has 1 unspecified atom stereocenters. The fourth-order valence-corrected chi connectivity index (χ4v) is 5.53. The first-order valence-electron chi connectivity index (χ1n) is 9.59. The Morgan fingerprint density at radius 3 is 2.27 bits per heavy atom. The molecular formula is C19H31ClN4O5S. The number of halogens is 1. The Morgan fingerprint density at radius 1 is 1.23 bits per heavy atom. The van der Waals surface area contributed by atoms with Crippen LogP contribution in [0.15, 0.2) is 29.2 Å². The molecule has 11 heteroatoms. The van der Waals surface area contributed by atoms with E-state index in [0.29, 0.717) is 18.8 Å². The summed E-state index contributed by atoms with van der Waals surface area (Å²) in [5, 5.41) is 5.98. The number of ether oxygens (including phenoxy) is 1. The molecule has 1 aromatic carbocycles. The third-order valence-electron chi connectivity index (χ3n) is 5.17. The van der Waals surface area contributed by atoms with Gasteiger partial charge in [-0.05, 0) is 30.2 Å². The number of nitrogens with zero attached hydrogens (tertiary/aromatic N) is 1. The topological polar surface area (TPSA) is 131 Å². The van der Waals surface area contributed by atoms with Crippen LogP contribution in [0.4, 0.5) is 0 Å². The molecular weight excluding hydrogens is 432 g/mol. The number of sulfone groups is 1. The van der Waals surface area contributed by atoms with E-state index in [1.807, 2.05) is 0 Å². The van der Waals surface area contributed by atoms with Gasteiger partial charge in [0.05, 0.1) is 12.0 Å². The number of nitrogens with one attached hydrogen (secondary N) is 2. The number of hydrogen-bond donors (Lipinski definition) is 3. The summed E-state index contributed by atoms with van der Waals surface area (Å²) >= 11 is 0. The summed E-state index contributed by atoms with van der Waals surface area (Å²) in [4.78, 5) is 24.5. The van der Waals surface area contributed by atoms with E-state index in [-0.39, 0.29) is 36.2 Å². The van der Waals surface area contributed by atoms with Gasteiger partial charge in [-0.1, -0.05) is 13.8 Å². The Bertz CT molecular complexity index is 826. The van der Waals surface area contributed by atoms with Crippen LogP contribution < -0.4 is 21.1 Å². The third kappa shape index (κ3) is 5.23. The average Bonchev–Trinajstić information content (AvgIpc) is 2.71. The fourth-order valence-electron chi connectivity index (χ4n) is 3.48. The number of nitrogens with two attached hydrogens (primary N) is 1. The third-order valence-corrected chi connectivity index (χ3v) is 7.73. The Morgan fingerprint density at radius 2 is 1.80 bits per heavy atom. The molecule has 0 radical (unpaired) electrons. The molecule has 1 aliphatic heterocycles. The fraction of sp³-hybridized carbons (Fsp3) is 0.579. The molecule has 0 spiro atoms. The first kappa shape index (κ1) is 26.2. The lowest BCUT2D eigenvalue weighted by atomic mass is 10.0. The van der Waals surface area contributed by atoms with Crippen LogP contribution in [0.25, 0.3) is 0 Å². The van der Waals surface area contributed by atoms with Crippen molar-refractivity contribution in [2.45, 2.75) is 30.0 Å². The molecule has 1 saturated heterocycles. The van der Waals surface area contributed by atoms with Gasteiger partial charge in [0.25, 0.3) is 5.91 Å². The van der Waals surface area contributed by atoms with Crippen LogP contribution in [0, 0.1) is 5.92 Å². The molecule has 30 heavy (non-hydrogen) atoms. The van der Waals surface area contributed by atoms with Gasteiger partial charge in [0, 0.05) is 39.1 Å². The van der Waals surface area contributed by atoms with Gasteiger partial charge in [-0.2, -0.15) is 0 Å². The van der Waals surface area contributed by atoms with Gasteiger partial charge in [-0.3, -0.25) is 14.9 Å². The van der Waals surface area contributed by atoms with Crippen LogP contribution in [0.5, 0.6) is 5.75 Å². The monoisotopic (exact) mass is 462 g/mol. The van der Waals surface area contributed by atoms with E-state index in [4.69, 9.17) is 10.5 Å². The van der Waals surface area contributed by atoms with Crippen molar-refractivity contribution in [1.29, 1.82) is 0 Å². The van der Waals surface area contributed by atoms with Crippen molar-refractivity contribution in [3.8, 4) is 5.75 Å². The lowest BCUT2D eigenvalue weighted by Crippen LogP contribution is -2.64. The summed E-state index contributed by atoms with van der Waals surface area (Å²) in [6, 6.07) is 5.77. The Kier molecular flexibility index (Phi) is 9.54. The van der Waals surface area contributed by atoms with Gasteiger partial charge in [-0.15, -0.1) is 12.4 Å². The summed E-state index contributed by atoms with van der Waals surface area (Å²) in [7, 11) is -2.71. The molecule has 0 aromatic heterocycles. The van der Waals surface area contributed by atoms with Gasteiger partial charge in [0.15, 0.2) is 0 Å². The number of carbonyl (C=O) groups is 2. The van der Waals surface area contributed by atoms with Gasteiger partial charge in [0.1, 0.15) is 5.75 Å². The number of benzene rings is 1. The smallest absolute Gasteiger partial charge is 0.254 e. The summed E-state index contributed by atoms with van der Waals surface area (Å²) < 4.78 is 31.9. The standard InChI is InChI=1S/C19H30N4O5S.ClH/c1-14(2)19(18(20)25,22-9-8-17(24)23-12-10-21-11-13-23)29(26,27)16-6-4-15(28-3)5-7-16;/h4-7,14,21-22H,8-13H2,1-3H3,(H2,20,25);1H. The number of methoxy groups -OCH3 is 1. The minimum atomic E-state index is -4.19. The van der Waals surface area contributed by atoms with E-state index >= 15 is 0 Å². The molecule has 1 fully saturated rings.